The molecule has 0 aliphatic carbocycles. The number of pyridine rings is 1. The second-order valence-corrected chi connectivity index (χ2v) is 6.30. The Morgan fingerprint density at radius 2 is 2.21 bits per heavy atom. The van der Waals surface area contributed by atoms with E-state index in [0.717, 1.165) is 18.7 Å². The molecule has 24 heavy (non-hydrogen) atoms. The van der Waals surface area contributed by atoms with Crippen LogP contribution in [0.2, 0.25) is 5.02 Å². The lowest BCUT2D eigenvalue weighted by Gasteiger charge is -2.19. The van der Waals surface area contributed by atoms with Gasteiger partial charge in [0.15, 0.2) is 5.43 Å². The van der Waals surface area contributed by atoms with Gasteiger partial charge in [0.05, 0.1) is 5.02 Å². The number of H-pyrrole nitrogens is 1. The number of halogens is 2. The van der Waals surface area contributed by atoms with Crippen LogP contribution in [0.25, 0.3) is 0 Å². The highest BCUT2D eigenvalue weighted by Crippen LogP contribution is 2.25. The fourth-order valence-corrected chi connectivity index (χ4v) is 2.98. The van der Waals surface area contributed by atoms with E-state index < -0.39 is 5.82 Å². The molecule has 2 N–H and O–H groups in total. The van der Waals surface area contributed by atoms with Crippen LogP contribution in [0.5, 0.6) is 0 Å². The van der Waals surface area contributed by atoms with Gasteiger partial charge in [-0.05, 0) is 31.5 Å². The summed E-state index contributed by atoms with van der Waals surface area (Å²) in [5.41, 5.74) is 1.32. The normalized spacial score (nSPS) is 17.1. The summed E-state index contributed by atoms with van der Waals surface area (Å²) in [6, 6.07) is 5.88. The van der Waals surface area contributed by atoms with E-state index in [-0.39, 0.29) is 28.0 Å². The Kier molecular flexibility index (Phi) is 4.57. The van der Waals surface area contributed by atoms with Crippen molar-refractivity contribution in [2.75, 3.05) is 18.0 Å². The van der Waals surface area contributed by atoms with Gasteiger partial charge in [0.25, 0.3) is 5.91 Å². The first-order chi connectivity index (χ1) is 11.4. The van der Waals surface area contributed by atoms with Gasteiger partial charge in [-0.15, -0.1) is 0 Å². The van der Waals surface area contributed by atoms with E-state index in [1.54, 1.807) is 19.1 Å². The summed E-state index contributed by atoms with van der Waals surface area (Å²) in [5.74, 6) is -0.844. The van der Waals surface area contributed by atoms with Crippen LogP contribution in [0, 0.1) is 12.7 Å². The third-order valence-electron chi connectivity index (χ3n) is 4.09. The lowest BCUT2D eigenvalue weighted by Crippen LogP contribution is -2.39. The number of aromatic nitrogens is 1. The molecule has 1 saturated heterocycles. The highest BCUT2D eigenvalue weighted by Gasteiger charge is 2.25. The Bertz CT molecular complexity index is 837. The van der Waals surface area contributed by atoms with Gasteiger partial charge in [-0.1, -0.05) is 11.6 Å². The summed E-state index contributed by atoms with van der Waals surface area (Å²) in [6.07, 6.45) is 2.17. The Balaban J connectivity index is 1.66. The Labute approximate surface area is 143 Å². The molecule has 0 saturated carbocycles. The van der Waals surface area contributed by atoms with Crippen LogP contribution < -0.4 is 15.6 Å². The number of anilines is 1. The van der Waals surface area contributed by atoms with Gasteiger partial charge in [0.2, 0.25) is 0 Å². The Morgan fingerprint density at radius 1 is 1.42 bits per heavy atom. The minimum atomic E-state index is -0.455. The average Bonchev–Trinajstić information content (AvgIpc) is 2.98. The molecule has 1 fully saturated rings. The molecule has 1 aliphatic heterocycles. The zero-order chi connectivity index (χ0) is 17.3. The Hall–Kier alpha value is -2.34. The molecule has 0 radical (unpaired) electrons. The van der Waals surface area contributed by atoms with Crippen molar-refractivity contribution in [3.05, 3.63) is 62.8 Å². The van der Waals surface area contributed by atoms with Gasteiger partial charge >= 0.3 is 0 Å². The van der Waals surface area contributed by atoms with Gasteiger partial charge in [-0.25, -0.2) is 4.39 Å². The number of carbonyl (C=O) groups is 1. The lowest BCUT2D eigenvalue weighted by atomic mass is 10.2. The number of carbonyl (C=O) groups excluding carboxylic acids is 1. The number of nitrogens with one attached hydrogen (secondary N) is 2. The summed E-state index contributed by atoms with van der Waals surface area (Å²) in [5, 5.41) is 2.95. The molecular formula is C17H17ClFN3O2. The summed E-state index contributed by atoms with van der Waals surface area (Å²) < 4.78 is 13.2. The van der Waals surface area contributed by atoms with Crippen LogP contribution >= 0.6 is 11.6 Å². The molecule has 1 aromatic carbocycles. The van der Waals surface area contributed by atoms with Gasteiger partial charge < -0.3 is 15.2 Å². The van der Waals surface area contributed by atoms with Gasteiger partial charge in [0, 0.05) is 42.8 Å². The van der Waals surface area contributed by atoms with E-state index in [1.165, 1.54) is 18.3 Å². The topological polar surface area (TPSA) is 65.2 Å². The summed E-state index contributed by atoms with van der Waals surface area (Å²) in [4.78, 5) is 29.0. The average molecular weight is 350 g/mol. The van der Waals surface area contributed by atoms with E-state index in [4.69, 9.17) is 11.6 Å². The fraction of sp³-hybridized carbons (Fsp3) is 0.294. The van der Waals surface area contributed by atoms with E-state index in [9.17, 15) is 14.0 Å². The number of aryl methyl sites for hydroxylation is 1. The first-order valence-corrected chi connectivity index (χ1v) is 8.02. The molecule has 3 rings (SSSR count). The van der Waals surface area contributed by atoms with E-state index in [2.05, 4.69) is 10.3 Å². The molecule has 1 aliphatic rings. The van der Waals surface area contributed by atoms with Gasteiger partial charge in [0.1, 0.15) is 11.4 Å². The summed E-state index contributed by atoms with van der Waals surface area (Å²) >= 11 is 5.81. The lowest BCUT2D eigenvalue weighted by molar-refractivity contribution is 0.0939. The molecule has 1 aromatic heterocycles. The molecule has 1 amide bonds. The van der Waals surface area contributed by atoms with Crippen molar-refractivity contribution >= 4 is 23.2 Å². The number of aromatic amines is 1. The number of benzene rings is 1. The number of amides is 1. The molecule has 0 bridgehead atoms. The molecular weight excluding hydrogens is 333 g/mol. The smallest absolute Gasteiger partial charge is 0.257 e. The molecule has 0 unspecified atom stereocenters. The van der Waals surface area contributed by atoms with Crippen molar-refractivity contribution in [1.29, 1.82) is 0 Å². The van der Waals surface area contributed by atoms with Crippen LogP contribution in [-0.4, -0.2) is 30.0 Å². The van der Waals surface area contributed by atoms with Gasteiger partial charge in [-0.3, -0.25) is 9.59 Å². The quantitative estimate of drug-likeness (QED) is 0.894. The first-order valence-electron chi connectivity index (χ1n) is 7.64. The predicted molar refractivity (Wildman–Crippen MR) is 91.3 cm³/mol. The third-order valence-corrected chi connectivity index (χ3v) is 4.38. The number of rotatable bonds is 3. The number of hydrogen-bond acceptors (Lipinski definition) is 3. The maximum atomic E-state index is 13.2. The zero-order valence-electron chi connectivity index (χ0n) is 13.1. The van der Waals surface area contributed by atoms with Crippen molar-refractivity contribution in [2.24, 2.45) is 0 Å². The molecule has 2 aromatic rings. The molecule has 5 nitrogen and oxygen atoms in total. The van der Waals surface area contributed by atoms with Crippen molar-refractivity contribution in [2.45, 2.75) is 19.4 Å². The molecule has 0 spiro atoms. The second kappa shape index (κ2) is 6.65. The van der Waals surface area contributed by atoms with Gasteiger partial charge in [-0.2, -0.15) is 0 Å². The number of hydrogen-bond donors (Lipinski definition) is 2. The monoisotopic (exact) mass is 349 g/mol. The minimum absolute atomic E-state index is 0.0752. The highest BCUT2D eigenvalue weighted by atomic mass is 35.5. The van der Waals surface area contributed by atoms with Crippen molar-refractivity contribution in [3.63, 3.8) is 0 Å². The fourth-order valence-electron chi connectivity index (χ4n) is 2.81. The zero-order valence-corrected chi connectivity index (χ0v) is 13.9. The van der Waals surface area contributed by atoms with Crippen LogP contribution in [0.1, 0.15) is 22.5 Å². The molecule has 2 heterocycles. The Morgan fingerprint density at radius 3 is 2.92 bits per heavy atom. The second-order valence-electron chi connectivity index (χ2n) is 5.90. The maximum absolute atomic E-state index is 13.2. The third kappa shape index (κ3) is 3.43. The highest BCUT2D eigenvalue weighted by molar-refractivity contribution is 6.31. The molecule has 7 heteroatoms. The minimum Gasteiger partial charge on any atom is -0.369 e. The molecule has 1 atom stereocenters. The van der Waals surface area contributed by atoms with E-state index in [0.29, 0.717) is 12.2 Å². The number of nitrogens with zero attached hydrogens (tertiary/aromatic N) is 1. The summed E-state index contributed by atoms with van der Waals surface area (Å²) in [7, 11) is 0. The van der Waals surface area contributed by atoms with Crippen molar-refractivity contribution < 1.29 is 9.18 Å². The van der Waals surface area contributed by atoms with E-state index in [1.807, 2.05) is 4.90 Å². The molecule has 126 valence electrons. The van der Waals surface area contributed by atoms with Crippen LogP contribution in [0.3, 0.4) is 0 Å². The summed E-state index contributed by atoms with van der Waals surface area (Å²) in [6.45, 7) is 3.06. The predicted octanol–water partition coefficient (Wildman–Crippen LogP) is 2.48. The van der Waals surface area contributed by atoms with Crippen LogP contribution in [-0.2, 0) is 0 Å². The van der Waals surface area contributed by atoms with Crippen molar-refractivity contribution in [3.8, 4) is 0 Å². The maximum Gasteiger partial charge on any atom is 0.257 e. The standard InChI is InChI=1S/C17H17ClFN3O2/c1-10-6-16(23)13(8-20-10)17(24)21-11-4-5-22(9-11)12-2-3-15(19)14(18)7-12/h2-3,6-8,11H,4-5,9H2,1H3,(H,20,23)(H,21,24)/t11-/m1/s1. The van der Waals surface area contributed by atoms with Crippen LogP contribution in [0.4, 0.5) is 10.1 Å². The van der Waals surface area contributed by atoms with Crippen LogP contribution in [0.15, 0.2) is 35.3 Å². The largest absolute Gasteiger partial charge is 0.369 e. The van der Waals surface area contributed by atoms with Crippen molar-refractivity contribution in [1.82, 2.24) is 10.3 Å². The SMILES string of the molecule is Cc1cc(=O)c(C(=O)N[C@@H]2CCN(c3ccc(F)c(Cl)c3)C2)c[nH]1. The van der Waals surface area contributed by atoms with E-state index >= 15 is 0 Å². The first kappa shape index (κ1) is 16.5.